The van der Waals surface area contributed by atoms with E-state index >= 15 is 0 Å². The van der Waals surface area contributed by atoms with Crippen LogP contribution in [0.25, 0.3) is 33.2 Å². The number of H-pyrrole nitrogens is 2. The number of piperazine rings is 1. The van der Waals surface area contributed by atoms with E-state index < -0.39 is 12.1 Å². The second-order valence-electron chi connectivity index (χ2n) is 9.37. The highest BCUT2D eigenvalue weighted by atomic mass is 79.9. The van der Waals surface area contributed by atoms with Gasteiger partial charge in [0.25, 0.3) is 5.91 Å². The topological polar surface area (TPSA) is 140 Å². The summed E-state index contributed by atoms with van der Waals surface area (Å²) in [7, 11) is 1.39. The van der Waals surface area contributed by atoms with E-state index in [-0.39, 0.29) is 17.9 Å². The number of halogens is 5. The van der Waals surface area contributed by atoms with Crippen LogP contribution >= 0.6 is 27.5 Å². The van der Waals surface area contributed by atoms with Crippen molar-refractivity contribution in [2.75, 3.05) is 39.8 Å². The average Bonchev–Trinajstić information content (AvgIpc) is 3.53. The molecule has 0 saturated carbocycles. The minimum atomic E-state index is -5.08. The Labute approximate surface area is 250 Å². The molecule has 2 aromatic heterocycles. The highest BCUT2D eigenvalue weighted by molar-refractivity contribution is 9.10. The molecule has 0 bridgehead atoms. The first kappa shape index (κ1) is 31.3. The largest absolute Gasteiger partial charge is 0.490 e. The van der Waals surface area contributed by atoms with Gasteiger partial charge in [-0.15, -0.1) is 0 Å². The van der Waals surface area contributed by atoms with Crippen molar-refractivity contribution in [2.24, 2.45) is 0 Å². The Hall–Kier alpha value is -3.59. The number of fused-ring (bicyclic) bond motifs is 2. The Balaban J connectivity index is 0.000000517. The van der Waals surface area contributed by atoms with Gasteiger partial charge in [0.05, 0.1) is 24.1 Å². The standard InChI is InChI=1S/C25H25BrClN5O3.C2HF3O2/c1-35-25(34)21-13-32(8-6-28-21)9-7-29-24(33)22-17-4-2-15(26)12-19(17)31-23(22)20-11-14-10-16(27)3-5-18(14)30-20;3-2(4,5)1(6)7/h2-5,10-12,21,28,30-31H,6-9,13H2,1H3,(H,29,33);(H,6,7)/t21-;/m0./s1. The van der Waals surface area contributed by atoms with Gasteiger partial charge in [-0.2, -0.15) is 13.2 Å². The maximum atomic E-state index is 13.4. The molecule has 1 atom stereocenters. The molecule has 5 rings (SSSR count). The van der Waals surface area contributed by atoms with Crippen LogP contribution in [-0.4, -0.2) is 89.9 Å². The number of amides is 1. The Bertz CT molecular complexity index is 1620. The number of aromatic amines is 2. The zero-order valence-electron chi connectivity index (χ0n) is 22.1. The predicted molar refractivity (Wildman–Crippen MR) is 155 cm³/mol. The number of nitrogens with zero attached hydrogens (tertiary/aromatic N) is 1. The Morgan fingerprint density at radius 3 is 2.57 bits per heavy atom. The van der Waals surface area contributed by atoms with Gasteiger partial charge in [-0.3, -0.25) is 14.5 Å². The minimum Gasteiger partial charge on any atom is -0.475 e. The van der Waals surface area contributed by atoms with Gasteiger partial charge >= 0.3 is 18.1 Å². The molecule has 0 unspecified atom stereocenters. The molecule has 15 heteroatoms. The maximum absolute atomic E-state index is 13.4. The van der Waals surface area contributed by atoms with Crippen LogP contribution in [0.1, 0.15) is 10.4 Å². The van der Waals surface area contributed by atoms with Crippen molar-refractivity contribution >= 4 is 67.2 Å². The van der Waals surface area contributed by atoms with E-state index in [9.17, 15) is 22.8 Å². The summed E-state index contributed by atoms with van der Waals surface area (Å²) in [6.07, 6.45) is -5.08. The lowest BCUT2D eigenvalue weighted by Crippen LogP contribution is -2.55. The Morgan fingerprint density at radius 2 is 1.88 bits per heavy atom. The van der Waals surface area contributed by atoms with E-state index in [2.05, 4.69) is 41.4 Å². The summed E-state index contributed by atoms with van der Waals surface area (Å²) in [6.45, 7) is 3.13. The minimum absolute atomic E-state index is 0.162. The van der Waals surface area contributed by atoms with E-state index in [4.69, 9.17) is 26.2 Å². The lowest BCUT2D eigenvalue weighted by atomic mass is 10.1. The van der Waals surface area contributed by atoms with Crippen LogP contribution in [0.4, 0.5) is 13.2 Å². The number of alkyl halides is 3. The van der Waals surface area contributed by atoms with Crippen LogP contribution in [0.5, 0.6) is 0 Å². The van der Waals surface area contributed by atoms with Gasteiger partial charge in [-0.1, -0.05) is 33.6 Å². The van der Waals surface area contributed by atoms with Gasteiger partial charge in [-0.25, -0.2) is 4.79 Å². The lowest BCUT2D eigenvalue weighted by Gasteiger charge is -2.32. The van der Waals surface area contributed by atoms with Crippen LogP contribution in [0, 0.1) is 0 Å². The smallest absolute Gasteiger partial charge is 0.475 e. The molecule has 224 valence electrons. The second kappa shape index (κ2) is 13.2. The van der Waals surface area contributed by atoms with E-state index in [0.717, 1.165) is 44.2 Å². The molecule has 0 spiro atoms. The summed E-state index contributed by atoms with van der Waals surface area (Å²) < 4.78 is 37.5. The van der Waals surface area contributed by atoms with Crippen LogP contribution in [0.15, 0.2) is 46.9 Å². The third kappa shape index (κ3) is 7.43. The van der Waals surface area contributed by atoms with Crippen molar-refractivity contribution in [1.82, 2.24) is 25.5 Å². The highest BCUT2D eigenvalue weighted by Crippen LogP contribution is 2.33. The summed E-state index contributed by atoms with van der Waals surface area (Å²) in [5, 5.41) is 15.8. The monoisotopic (exact) mass is 671 g/mol. The zero-order valence-corrected chi connectivity index (χ0v) is 24.4. The molecule has 1 amide bonds. The number of aliphatic carboxylic acids is 1. The van der Waals surface area contributed by atoms with Gasteiger partial charge in [0.15, 0.2) is 0 Å². The number of aromatic nitrogens is 2. The molecule has 10 nitrogen and oxygen atoms in total. The Kier molecular flexibility index (Phi) is 9.82. The first-order valence-corrected chi connectivity index (χ1v) is 13.8. The summed E-state index contributed by atoms with van der Waals surface area (Å²) in [6, 6.07) is 13.1. The van der Waals surface area contributed by atoms with Crippen molar-refractivity contribution in [3.8, 4) is 11.4 Å². The van der Waals surface area contributed by atoms with Crippen molar-refractivity contribution in [3.05, 3.63) is 57.5 Å². The molecule has 3 heterocycles. The third-order valence-electron chi connectivity index (χ3n) is 6.54. The number of methoxy groups -OCH3 is 1. The fourth-order valence-corrected chi connectivity index (χ4v) is 5.12. The number of carbonyl (C=O) groups excluding carboxylic acids is 2. The van der Waals surface area contributed by atoms with Crippen LogP contribution in [0.2, 0.25) is 5.02 Å². The number of hydrogen-bond donors (Lipinski definition) is 5. The van der Waals surface area contributed by atoms with Gasteiger partial charge in [0.2, 0.25) is 0 Å². The number of carboxylic acids is 1. The number of esters is 1. The van der Waals surface area contributed by atoms with Crippen LogP contribution < -0.4 is 10.6 Å². The molecule has 1 aliphatic heterocycles. The third-order valence-corrected chi connectivity index (χ3v) is 7.27. The molecular formula is C27H26BrClF3N5O5. The first-order valence-electron chi connectivity index (χ1n) is 12.6. The summed E-state index contributed by atoms with van der Waals surface area (Å²) in [4.78, 5) is 43.2. The molecule has 1 saturated heterocycles. The van der Waals surface area contributed by atoms with Gasteiger partial charge in [0, 0.05) is 64.0 Å². The molecule has 1 aliphatic rings. The molecule has 42 heavy (non-hydrogen) atoms. The van der Waals surface area contributed by atoms with E-state index in [1.807, 2.05) is 42.5 Å². The van der Waals surface area contributed by atoms with Crippen LogP contribution in [-0.2, 0) is 14.3 Å². The van der Waals surface area contributed by atoms with E-state index in [0.29, 0.717) is 36.8 Å². The number of ether oxygens (including phenoxy) is 1. The molecule has 0 radical (unpaired) electrons. The molecule has 2 aromatic carbocycles. The van der Waals surface area contributed by atoms with Gasteiger partial charge < -0.3 is 30.4 Å². The van der Waals surface area contributed by atoms with Crippen molar-refractivity contribution in [2.45, 2.75) is 12.2 Å². The lowest BCUT2D eigenvalue weighted by molar-refractivity contribution is -0.192. The van der Waals surface area contributed by atoms with Gasteiger partial charge in [0.1, 0.15) is 6.04 Å². The number of benzene rings is 2. The SMILES string of the molecule is COC(=O)[C@@H]1CN(CCNC(=O)c2c(-c3cc4cc(Cl)ccc4[nH]3)[nH]c3cc(Br)ccc23)CCN1.O=C(O)C(F)(F)F. The molecule has 5 N–H and O–H groups in total. The predicted octanol–water partition coefficient (Wildman–Crippen LogP) is 4.54. The number of nitrogens with one attached hydrogen (secondary N) is 4. The Morgan fingerprint density at radius 1 is 1.14 bits per heavy atom. The van der Waals surface area contributed by atoms with Crippen LogP contribution in [0.3, 0.4) is 0 Å². The zero-order chi connectivity index (χ0) is 30.6. The summed E-state index contributed by atoms with van der Waals surface area (Å²) >= 11 is 9.68. The fourth-order valence-electron chi connectivity index (χ4n) is 4.58. The molecule has 0 aliphatic carbocycles. The summed E-state index contributed by atoms with van der Waals surface area (Å²) in [5.41, 5.74) is 3.91. The van der Waals surface area contributed by atoms with E-state index in [1.165, 1.54) is 7.11 Å². The highest BCUT2D eigenvalue weighted by Gasteiger charge is 2.38. The molecule has 1 fully saturated rings. The number of carbonyl (C=O) groups is 3. The molecular weight excluding hydrogens is 647 g/mol. The van der Waals surface area contributed by atoms with Crippen molar-refractivity contribution in [1.29, 1.82) is 0 Å². The van der Waals surface area contributed by atoms with Gasteiger partial charge in [-0.05, 0) is 36.4 Å². The fraction of sp³-hybridized carbons (Fsp3) is 0.296. The van der Waals surface area contributed by atoms with E-state index in [1.54, 1.807) is 0 Å². The van der Waals surface area contributed by atoms with Crippen molar-refractivity contribution < 1.29 is 37.4 Å². The molecule has 4 aromatic rings. The maximum Gasteiger partial charge on any atom is 0.490 e. The number of hydrogen-bond acceptors (Lipinski definition) is 6. The number of rotatable bonds is 6. The number of carboxylic acid groups (broad SMARTS) is 1. The first-order chi connectivity index (χ1) is 19.9. The van der Waals surface area contributed by atoms with Crippen molar-refractivity contribution in [3.63, 3.8) is 0 Å². The average molecular weight is 673 g/mol. The normalized spacial score (nSPS) is 15.7. The quantitative estimate of drug-likeness (QED) is 0.190. The summed E-state index contributed by atoms with van der Waals surface area (Å²) in [5.74, 6) is -3.19. The second-order valence-corrected chi connectivity index (χ2v) is 10.7.